The van der Waals surface area contributed by atoms with Gasteiger partial charge in [0.1, 0.15) is 11.9 Å². The number of anilines is 2. The molecule has 12 nitrogen and oxygen atoms in total. The predicted molar refractivity (Wildman–Crippen MR) is 174 cm³/mol. The number of nitrogens with zero attached hydrogens (tertiary/aromatic N) is 2. The molecule has 0 aliphatic carbocycles. The minimum atomic E-state index is -4.59. The SMILES string of the molecule is CNC(=O)c1cc(S(=O)(=O)N(C)C[C@@H]2Oc3ccc(NC(=O)Nc4cccc(C(F)(F)F)c4)cc3CC(=O)N([C@@H](C)CO)C[C@@H]2C)cs1. The molecule has 4 amide bonds. The van der Waals surface area contributed by atoms with Gasteiger partial charge in [-0.2, -0.15) is 17.5 Å². The summed E-state index contributed by atoms with van der Waals surface area (Å²) in [6.07, 6.45) is -5.57. The van der Waals surface area contributed by atoms with Gasteiger partial charge >= 0.3 is 12.2 Å². The first-order chi connectivity index (χ1) is 22.5. The molecule has 0 unspecified atom stereocenters. The van der Waals surface area contributed by atoms with E-state index in [1.165, 1.54) is 54.7 Å². The number of ether oxygens (including phenoxy) is 1. The molecule has 260 valence electrons. The molecule has 1 aliphatic heterocycles. The Morgan fingerprint density at radius 2 is 1.83 bits per heavy atom. The van der Waals surface area contributed by atoms with E-state index >= 15 is 0 Å². The summed E-state index contributed by atoms with van der Waals surface area (Å²) in [6.45, 7) is 3.14. The summed E-state index contributed by atoms with van der Waals surface area (Å²) in [5, 5.41) is 18.6. The number of thiophene rings is 1. The lowest BCUT2D eigenvalue weighted by Gasteiger charge is -2.33. The lowest BCUT2D eigenvalue weighted by atomic mass is 10.0. The van der Waals surface area contributed by atoms with Gasteiger partial charge in [0.25, 0.3) is 5.91 Å². The van der Waals surface area contributed by atoms with Crippen LogP contribution in [-0.2, 0) is 27.4 Å². The topological polar surface area (TPSA) is 157 Å². The van der Waals surface area contributed by atoms with Gasteiger partial charge in [-0.05, 0) is 49.4 Å². The van der Waals surface area contributed by atoms with Crippen molar-refractivity contribution in [3.63, 3.8) is 0 Å². The third-order valence-electron chi connectivity index (χ3n) is 7.79. The molecule has 4 N–H and O–H groups in total. The number of amides is 4. The molecule has 48 heavy (non-hydrogen) atoms. The van der Waals surface area contributed by atoms with Gasteiger partial charge in [0, 0.05) is 48.9 Å². The number of fused-ring (bicyclic) bond motifs is 1. The fourth-order valence-corrected chi connectivity index (χ4v) is 7.41. The van der Waals surface area contributed by atoms with Crippen LogP contribution < -0.4 is 20.7 Å². The number of carbonyl (C=O) groups is 3. The molecule has 1 aliphatic rings. The van der Waals surface area contributed by atoms with Crippen molar-refractivity contribution in [2.75, 3.05) is 44.4 Å². The number of rotatable bonds is 9. The van der Waals surface area contributed by atoms with Crippen LogP contribution in [0.1, 0.15) is 34.6 Å². The Kier molecular flexibility index (Phi) is 11.4. The smallest absolute Gasteiger partial charge is 0.416 e. The number of hydrogen-bond acceptors (Lipinski definition) is 8. The third-order valence-corrected chi connectivity index (χ3v) is 10.7. The first-order valence-corrected chi connectivity index (χ1v) is 17.1. The van der Waals surface area contributed by atoms with Gasteiger partial charge in [-0.3, -0.25) is 9.59 Å². The largest absolute Gasteiger partial charge is 0.488 e. The molecule has 0 spiro atoms. The predicted octanol–water partition coefficient (Wildman–Crippen LogP) is 4.24. The summed E-state index contributed by atoms with van der Waals surface area (Å²) in [5.74, 6) is -0.934. The maximum atomic E-state index is 13.5. The molecular weight excluding hydrogens is 675 g/mol. The quantitative estimate of drug-likeness (QED) is 0.259. The van der Waals surface area contributed by atoms with Crippen LogP contribution in [0.4, 0.5) is 29.3 Å². The van der Waals surface area contributed by atoms with Crippen molar-refractivity contribution in [3.8, 4) is 5.75 Å². The van der Waals surface area contributed by atoms with Crippen molar-refractivity contribution < 1.29 is 45.8 Å². The maximum Gasteiger partial charge on any atom is 0.416 e. The van der Waals surface area contributed by atoms with Crippen molar-refractivity contribution >= 4 is 50.6 Å². The fourth-order valence-electron chi connectivity index (χ4n) is 5.02. The molecule has 0 bridgehead atoms. The minimum absolute atomic E-state index is 0.0606. The highest BCUT2D eigenvalue weighted by atomic mass is 32.2. The number of carbonyl (C=O) groups excluding carboxylic acids is 3. The van der Waals surface area contributed by atoms with Crippen LogP contribution in [0.2, 0.25) is 0 Å². The Hall–Kier alpha value is -4.19. The molecule has 17 heteroatoms. The number of hydrogen-bond donors (Lipinski definition) is 4. The van der Waals surface area contributed by atoms with Gasteiger partial charge in [-0.25, -0.2) is 13.2 Å². The van der Waals surface area contributed by atoms with E-state index < -0.39 is 51.8 Å². The van der Waals surface area contributed by atoms with Crippen LogP contribution in [0.25, 0.3) is 0 Å². The van der Waals surface area contributed by atoms with E-state index in [1.54, 1.807) is 13.8 Å². The van der Waals surface area contributed by atoms with Crippen LogP contribution in [0.3, 0.4) is 0 Å². The van der Waals surface area contributed by atoms with Gasteiger partial charge in [-0.1, -0.05) is 13.0 Å². The number of alkyl halides is 3. The first-order valence-electron chi connectivity index (χ1n) is 14.8. The average molecular weight is 712 g/mol. The Morgan fingerprint density at radius 3 is 2.48 bits per heavy atom. The van der Waals surface area contributed by atoms with Gasteiger partial charge in [0.05, 0.1) is 41.0 Å². The van der Waals surface area contributed by atoms with E-state index in [-0.39, 0.29) is 58.9 Å². The summed E-state index contributed by atoms with van der Waals surface area (Å²) in [6, 6.07) is 8.51. The highest BCUT2D eigenvalue weighted by Gasteiger charge is 2.34. The zero-order valence-electron chi connectivity index (χ0n) is 26.5. The van der Waals surface area contributed by atoms with Gasteiger partial charge in [0.2, 0.25) is 15.9 Å². The standard InChI is InChI=1S/C31H36F3N5O7S2/c1-18-14-39(19(2)16-40)28(41)11-20-10-23(37-30(43)36-22-7-5-6-21(12-22)31(32,33)34)8-9-25(20)46-26(18)15-38(4)48(44,45)24-13-27(47-17-24)29(42)35-3/h5-10,12-13,17-19,26,40H,11,14-16H2,1-4H3,(H,35,42)(H2,36,37,43)/t18-,19-,26-/m0/s1. The van der Waals surface area contributed by atoms with Crippen LogP contribution in [0, 0.1) is 5.92 Å². The van der Waals surface area contributed by atoms with Crippen LogP contribution >= 0.6 is 11.3 Å². The molecule has 0 saturated carbocycles. The second-order valence-corrected chi connectivity index (χ2v) is 14.3. The van der Waals surface area contributed by atoms with E-state index in [0.29, 0.717) is 5.56 Å². The number of halogens is 3. The molecule has 2 heterocycles. The summed E-state index contributed by atoms with van der Waals surface area (Å²) < 4.78 is 73.7. The Labute approximate surface area is 279 Å². The fraction of sp³-hybridized carbons (Fsp3) is 0.387. The molecule has 4 rings (SSSR count). The zero-order valence-corrected chi connectivity index (χ0v) is 28.1. The third kappa shape index (κ3) is 8.63. The molecule has 3 aromatic rings. The molecule has 2 aromatic carbocycles. The van der Waals surface area contributed by atoms with E-state index in [4.69, 9.17) is 4.74 Å². The zero-order chi connectivity index (χ0) is 35.4. The van der Waals surface area contributed by atoms with E-state index in [9.17, 15) is 41.1 Å². The second kappa shape index (κ2) is 14.9. The summed E-state index contributed by atoms with van der Waals surface area (Å²) in [5.41, 5.74) is -0.449. The first kappa shape index (κ1) is 36.6. The lowest BCUT2D eigenvalue weighted by molar-refractivity contribution is -0.137. The molecule has 1 aromatic heterocycles. The van der Waals surface area contributed by atoms with Crippen molar-refractivity contribution in [1.82, 2.24) is 14.5 Å². The highest BCUT2D eigenvalue weighted by Crippen LogP contribution is 2.32. The van der Waals surface area contributed by atoms with Crippen LogP contribution in [0.15, 0.2) is 58.8 Å². The van der Waals surface area contributed by atoms with Crippen molar-refractivity contribution in [3.05, 3.63) is 69.9 Å². The normalized spacial score (nSPS) is 17.8. The Morgan fingerprint density at radius 1 is 1.15 bits per heavy atom. The monoisotopic (exact) mass is 711 g/mol. The van der Waals surface area contributed by atoms with Crippen LogP contribution in [-0.4, -0.2) is 86.5 Å². The maximum absolute atomic E-state index is 13.5. The highest BCUT2D eigenvalue weighted by molar-refractivity contribution is 7.89. The number of nitrogens with one attached hydrogen (secondary N) is 3. The number of urea groups is 1. The van der Waals surface area contributed by atoms with Gasteiger partial charge in [-0.15, -0.1) is 11.3 Å². The Bertz CT molecular complexity index is 1770. The van der Waals surface area contributed by atoms with Crippen molar-refractivity contribution in [2.24, 2.45) is 5.92 Å². The molecule has 0 fully saturated rings. The molecule has 3 atom stereocenters. The Balaban J connectivity index is 1.60. The number of likely N-dealkylation sites (N-methyl/N-ethyl adjacent to an activating group) is 1. The van der Waals surface area contributed by atoms with Gasteiger partial charge in [0.15, 0.2) is 0 Å². The van der Waals surface area contributed by atoms with E-state index in [1.807, 2.05) is 0 Å². The molecule has 0 radical (unpaired) electrons. The molecular formula is C31H36F3N5O7S2. The van der Waals surface area contributed by atoms with Gasteiger partial charge < -0.3 is 30.7 Å². The summed E-state index contributed by atoms with van der Waals surface area (Å²) in [7, 11) is -1.22. The molecule has 0 saturated heterocycles. The summed E-state index contributed by atoms with van der Waals surface area (Å²) in [4.78, 5) is 39.9. The number of benzene rings is 2. The number of aliphatic hydroxyl groups is 1. The minimum Gasteiger partial charge on any atom is -0.488 e. The second-order valence-electron chi connectivity index (χ2n) is 11.4. The number of sulfonamides is 1. The van der Waals surface area contributed by atoms with Crippen molar-refractivity contribution in [1.29, 1.82) is 0 Å². The average Bonchev–Trinajstić information content (AvgIpc) is 3.55. The van der Waals surface area contributed by atoms with E-state index in [2.05, 4.69) is 16.0 Å². The van der Waals surface area contributed by atoms with E-state index in [0.717, 1.165) is 33.8 Å². The number of aliphatic hydroxyl groups excluding tert-OH is 1. The van der Waals surface area contributed by atoms with Crippen LogP contribution in [0.5, 0.6) is 5.75 Å². The van der Waals surface area contributed by atoms with Crippen molar-refractivity contribution in [2.45, 2.75) is 43.5 Å². The lowest BCUT2D eigenvalue weighted by Crippen LogP contribution is -2.48. The summed E-state index contributed by atoms with van der Waals surface area (Å²) >= 11 is 0.990.